The minimum Gasteiger partial charge on any atom is -0.393 e. The summed E-state index contributed by atoms with van der Waals surface area (Å²) in [5.74, 6) is -2.10. The Bertz CT molecular complexity index is 310. The molecule has 3 N–H and O–H groups in total. The van der Waals surface area contributed by atoms with Gasteiger partial charge in [0, 0.05) is 12.5 Å². The summed E-state index contributed by atoms with van der Waals surface area (Å²) >= 11 is 0. The first kappa shape index (κ1) is 16.2. The highest BCUT2D eigenvalue weighted by molar-refractivity contribution is 5.78. The number of alkyl halides is 3. The van der Waals surface area contributed by atoms with Crippen LogP contribution in [0.15, 0.2) is 0 Å². The lowest BCUT2D eigenvalue weighted by Crippen LogP contribution is -2.45. The molecular formula is C12H20F3NO3. The lowest BCUT2D eigenvalue weighted by molar-refractivity contribution is -0.184. The number of aliphatic hydroxyl groups is 2. The molecule has 0 aromatic carbocycles. The van der Waals surface area contributed by atoms with Gasteiger partial charge in [-0.15, -0.1) is 0 Å². The molecule has 4 nitrogen and oxygen atoms in total. The highest BCUT2D eigenvalue weighted by atomic mass is 19.4. The van der Waals surface area contributed by atoms with Gasteiger partial charge in [0.15, 0.2) is 0 Å². The molecule has 7 heteroatoms. The fraction of sp³-hybridized carbons (Fsp3) is 0.917. The Morgan fingerprint density at radius 3 is 2.21 bits per heavy atom. The molecule has 1 aliphatic carbocycles. The maximum Gasteiger partial charge on any atom is 0.391 e. The molecule has 1 atom stereocenters. The van der Waals surface area contributed by atoms with Crippen LogP contribution in [0.1, 0.15) is 32.6 Å². The van der Waals surface area contributed by atoms with Crippen LogP contribution in [-0.2, 0) is 4.79 Å². The minimum absolute atomic E-state index is 0.0298. The Morgan fingerprint density at radius 2 is 1.79 bits per heavy atom. The second kappa shape index (κ2) is 6.09. The average molecular weight is 283 g/mol. The van der Waals surface area contributed by atoms with Crippen molar-refractivity contribution in [2.24, 2.45) is 11.8 Å². The van der Waals surface area contributed by atoms with Crippen molar-refractivity contribution >= 4 is 5.91 Å². The van der Waals surface area contributed by atoms with Crippen molar-refractivity contribution in [2.75, 3.05) is 13.2 Å². The van der Waals surface area contributed by atoms with E-state index in [0.29, 0.717) is 0 Å². The molecule has 1 fully saturated rings. The minimum atomic E-state index is -4.18. The van der Waals surface area contributed by atoms with Crippen LogP contribution in [0.5, 0.6) is 0 Å². The SMILES string of the molecule is CC(O)(CO)CNC(=O)C1CCC(C(F)(F)F)CC1. The van der Waals surface area contributed by atoms with E-state index < -0.39 is 30.2 Å². The Labute approximate surface area is 110 Å². The van der Waals surface area contributed by atoms with Crippen LogP contribution in [0.4, 0.5) is 13.2 Å². The number of rotatable bonds is 4. The lowest BCUT2D eigenvalue weighted by atomic mass is 9.81. The van der Waals surface area contributed by atoms with Crippen molar-refractivity contribution < 1.29 is 28.2 Å². The molecule has 0 spiro atoms. The summed E-state index contributed by atoms with van der Waals surface area (Å²) in [5.41, 5.74) is -1.40. The van der Waals surface area contributed by atoms with E-state index in [0.717, 1.165) is 0 Å². The largest absolute Gasteiger partial charge is 0.393 e. The zero-order valence-electron chi connectivity index (χ0n) is 10.8. The maximum absolute atomic E-state index is 12.5. The van der Waals surface area contributed by atoms with Crippen LogP contribution in [0.3, 0.4) is 0 Å². The first-order chi connectivity index (χ1) is 8.65. The summed E-state index contributed by atoms with van der Waals surface area (Å²) in [5, 5.41) is 20.8. The summed E-state index contributed by atoms with van der Waals surface area (Å²) in [6.07, 6.45) is -3.83. The summed E-state index contributed by atoms with van der Waals surface area (Å²) in [4.78, 5) is 11.7. The molecule has 1 saturated carbocycles. The number of carbonyl (C=O) groups excluding carboxylic acids is 1. The third-order valence-corrected chi connectivity index (χ3v) is 3.54. The first-order valence-corrected chi connectivity index (χ1v) is 6.33. The summed E-state index contributed by atoms with van der Waals surface area (Å²) in [6.45, 7) is 0.767. The lowest BCUT2D eigenvalue weighted by Gasteiger charge is -2.30. The normalized spacial score (nSPS) is 27.7. The summed E-state index contributed by atoms with van der Waals surface area (Å²) in [6, 6.07) is 0. The van der Waals surface area contributed by atoms with Crippen LogP contribution in [0.25, 0.3) is 0 Å². The highest BCUT2D eigenvalue weighted by Crippen LogP contribution is 2.39. The van der Waals surface area contributed by atoms with E-state index in [2.05, 4.69) is 5.32 Å². The van der Waals surface area contributed by atoms with Gasteiger partial charge in [-0.2, -0.15) is 13.2 Å². The zero-order chi connectivity index (χ0) is 14.7. The van der Waals surface area contributed by atoms with E-state index in [9.17, 15) is 23.1 Å². The number of nitrogens with one attached hydrogen (secondary N) is 1. The van der Waals surface area contributed by atoms with Crippen molar-refractivity contribution in [3.63, 3.8) is 0 Å². The quantitative estimate of drug-likeness (QED) is 0.726. The van der Waals surface area contributed by atoms with Gasteiger partial charge in [-0.3, -0.25) is 4.79 Å². The Balaban J connectivity index is 2.37. The van der Waals surface area contributed by atoms with Gasteiger partial charge in [0.25, 0.3) is 0 Å². The molecule has 0 aromatic heterocycles. The molecule has 0 heterocycles. The highest BCUT2D eigenvalue weighted by Gasteiger charge is 2.42. The molecule has 0 aliphatic heterocycles. The Hall–Kier alpha value is -0.820. The zero-order valence-corrected chi connectivity index (χ0v) is 10.8. The predicted molar refractivity (Wildman–Crippen MR) is 62.2 cm³/mol. The molecule has 1 unspecified atom stereocenters. The molecule has 0 bridgehead atoms. The molecule has 0 aromatic rings. The van der Waals surface area contributed by atoms with Crippen LogP contribution in [-0.4, -0.2) is 41.0 Å². The van der Waals surface area contributed by atoms with Gasteiger partial charge in [-0.1, -0.05) is 0 Å². The van der Waals surface area contributed by atoms with Crippen molar-refractivity contribution in [1.82, 2.24) is 5.32 Å². The molecule has 1 amide bonds. The maximum atomic E-state index is 12.5. The van der Waals surface area contributed by atoms with E-state index >= 15 is 0 Å². The summed E-state index contributed by atoms with van der Waals surface area (Å²) in [7, 11) is 0. The van der Waals surface area contributed by atoms with Crippen molar-refractivity contribution in [3.05, 3.63) is 0 Å². The van der Waals surface area contributed by atoms with E-state index in [1.807, 2.05) is 0 Å². The fourth-order valence-corrected chi connectivity index (χ4v) is 2.16. The van der Waals surface area contributed by atoms with Gasteiger partial charge in [0.2, 0.25) is 5.91 Å². The molecule has 19 heavy (non-hydrogen) atoms. The van der Waals surface area contributed by atoms with Crippen LogP contribution >= 0.6 is 0 Å². The summed E-state index contributed by atoms with van der Waals surface area (Å²) < 4.78 is 37.4. The van der Waals surface area contributed by atoms with Crippen LogP contribution in [0, 0.1) is 11.8 Å². The van der Waals surface area contributed by atoms with E-state index in [1.54, 1.807) is 0 Å². The second-order valence-electron chi connectivity index (χ2n) is 5.46. The molecule has 0 saturated heterocycles. The topological polar surface area (TPSA) is 69.6 Å². The fourth-order valence-electron chi connectivity index (χ4n) is 2.16. The smallest absolute Gasteiger partial charge is 0.391 e. The van der Waals surface area contributed by atoms with Crippen molar-refractivity contribution in [3.8, 4) is 0 Å². The van der Waals surface area contributed by atoms with Gasteiger partial charge in [0.1, 0.15) is 5.60 Å². The van der Waals surface area contributed by atoms with Gasteiger partial charge >= 0.3 is 6.18 Å². The van der Waals surface area contributed by atoms with Gasteiger partial charge < -0.3 is 15.5 Å². The molecule has 1 rings (SSSR count). The molecule has 112 valence electrons. The van der Waals surface area contributed by atoms with Gasteiger partial charge in [0.05, 0.1) is 12.5 Å². The number of halogens is 3. The van der Waals surface area contributed by atoms with E-state index in [4.69, 9.17) is 5.11 Å². The Morgan fingerprint density at radius 1 is 1.26 bits per heavy atom. The molecular weight excluding hydrogens is 263 g/mol. The predicted octanol–water partition coefficient (Wildman–Crippen LogP) is 1.21. The number of hydrogen-bond donors (Lipinski definition) is 3. The first-order valence-electron chi connectivity index (χ1n) is 6.33. The molecule has 1 aliphatic rings. The molecule has 0 radical (unpaired) electrons. The number of hydrogen-bond acceptors (Lipinski definition) is 3. The van der Waals surface area contributed by atoms with Gasteiger partial charge in [-0.05, 0) is 32.6 Å². The third-order valence-electron chi connectivity index (χ3n) is 3.54. The number of carbonyl (C=O) groups is 1. The standard InChI is InChI=1S/C12H20F3NO3/c1-11(19,7-17)6-16-10(18)8-2-4-9(5-3-8)12(13,14)15/h8-9,17,19H,2-7H2,1H3,(H,16,18). The van der Waals surface area contributed by atoms with Crippen LogP contribution in [0.2, 0.25) is 0 Å². The Kier molecular flexibility index (Phi) is 5.20. The number of amides is 1. The van der Waals surface area contributed by atoms with Crippen molar-refractivity contribution in [1.29, 1.82) is 0 Å². The third kappa shape index (κ3) is 4.99. The van der Waals surface area contributed by atoms with E-state index in [1.165, 1.54) is 6.92 Å². The van der Waals surface area contributed by atoms with E-state index in [-0.39, 0.29) is 38.1 Å². The number of aliphatic hydroxyl groups excluding tert-OH is 1. The monoisotopic (exact) mass is 283 g/mol. The average Bonchev–Trinajstić information content (AvgIpc) is 2.35. The second-order valence-corrected chi connectivity index (χ2v) is 5.46. The van der Waals surface area contributed by atoms with Crippen molar-refractivity contribution in [2.45, 2.75) is 44.4 Å². The van der Waals surface area contributed by atoms with Gasteiger partial charge in [-0.25, -0.2) is 0 Å². The van der Waals surface area contributed by atoms with Crippen LogP contribution < -0.4 is 5.32 Å².